The van der Waals surface area contributed by atoms with Crippen LogP contribution in [0, 0.1) is 0 Å². The summed E-state index contributed by atoms with van der Waals surface area (Å²) in [5, 5.41) is 8.79. The maximum atomic E-state index is 13.1. The van der Waals surface area contributed by atoms with E-state index in [2.05, 4.69) is 0 Å². The smallest absolute Gasteiger partial charge is 0.416 e. The number of halogens is 3. The van der Waals surface area contributed by atoms with Crippen LogP contribution >= 0.6 is 0 Å². The lowest BCUT2D eigenvalue weighted by atomic mass is 9.99. The zero-order valence-corrected chi connectivity index (χ0v) is 11.7. The van der Waals surface area contributed by atoms with Crippen LogP contribution in [0.2, 0.25) is 0 Å². The standard InChI is InChI=1S/C15H18F3NO2/c1-10(19(11-6-7-11)9-8-14(20)21)12-4-2-3-5-13(12)15(16,17)18/h2-5,10-11H,6-9H2,1H3,(H,20,21). The van der Waals surface area contributed by atoms with Crippen molar-refractivity contribution in [1.82, 2.24) is 4.90 Å². The normalized spacial score (nSPS) is 17.0. The highest BCUT2D eigenvalue weighted by molar-refractivity contribution is 5.66. The Labute approximate surface area is 121 Å². The third-order valence-electron chi connectivity index (χ3n) is 3.81. The van der Waals surface area contributed by atoms with Crippen molar-refractivity contribution < 1.29 is 23.1 Å². The molecule has 0 radical (unpaired) electrons. The summed E-state index contributed by atoms with van der Waals surface area (Å²) in [7, 11) is 0. The van der Waals surface area contributed by atoms with Gasteiger partial charge in [-0.1, -0.05) is 18.2 Å². The number of carbonyl (C=O) groups is 1. The fourth-order valence-electron chi connectivity index (χ4n) is 2.62. The molecule has 1 aliphatic rings. The molecule has 0 aromatic heterocycles. The highest BCUT2D eigenvalue weighted by Crippen LogP contribution is 2.39. The zero-order chi connectivity index (χ0) is 15.6. The van der Waals surface area contributed by atoms with Crippen LogP contribution < -0.4 is 0 Å². The molecular weight excluding hydrogens is 283 g/mol. The molecular formula is C15H18F3NO2. The number of benzene rings is 1. The van der Waals surface area contributed by atoms with Crippen molar-refractivity contribution in [3.05, 3.63) is 35.4 Å². The lowest BCUT2D eigenvalue weighted by molar-refractivity contribution is -0.140. The highest BCUT2D eigenvalue weighted by atomic mass is 19.4. The first-order valence-corrected chi connectivity index (χ1v) is 6.94. The Hall–Kier alpha value is -1.56. The van der Waals surface area contributed by atoms with Gasteiger partial charge >= 0.3 is 12.1 Å². The fraction of sp³-hybridized carbons (Fsp3) is 0.533. The van der Waals surface area contributed by atoms with E-state index in [4.69, 9.17) is 5.11 Å². The lowest BCUT2D eigenvalue weighted by Gasteiger charge is -2.30. The second-order valence-corrected chi connectivity index (χ2v) is 5.37. The molecule has 0 spiro atoms. The van der Waals surface area contributed by atoms with Crippen LogP contribution in [0.15, 0.2) is 24.3 Å². The summed E-state index contributed by atoms with van der Waals surface area (Å²) >= 11 is 0. The zero-order valence-electron chi connectivity index (χ0n) is 11.7. The number of hydrogen-bond donors (Lipinski definition) is 1. The fourth-order valence-corrected chi connectivity index (χ4v) is 2.62. The van der Waals surface area contributed by atoms with E-state index in [1.54, 1.807) is 13.0 Å². The summed E-state index contributed by atoms with van der Waals surface area (Å²) in [6, 6.07) is 5.26. The van der Waals surface area contributed by atoms with Gasteiger partial charge in [-0.2, -0.15) is 13.2 Å². The molecule has 2 rings (SSSR count). The van der Waals surface area contributed by atoms with Crippen LogP contribution in [0.4, 0.5) is 13.2 Å². The van der Waals surface area contributed by atoms with Crippen molar-refractivity contribution in [2.24, 2.45) is 0 Å². The molecule has 1 fully saturated rings. The summed E-state index contributed by atoms with van der Waals surface area (Å²) in [6.45, 7) is 1.98. The Kier molecular flexibility index (Phi) is 4.56. The Morgan fingerprint density at radius 2 is 2.00 bits per heavy atom. The predicted octanol–water partition coefficient (Wildman–Crippen LogP) is 3.71. The Balaban J connectivity index is 2.24. The minimum absolute atomic E-state index is 0.0605. The molecule has 1 N–H and O–H groups in total. The average Bonchev–Trinajstić information content (AvgIpc) is 3.22. The van der Waals surface area contributed by atoms with Crippen molar-refractivity contribution >= 4 is 5.97 Å². The van der Waals surface area contributed by atoms with E-state index in [0.717, 1.165) is 18.9 Å². The first kappa shape index (κ1) is 15.8. The van der Waals surface area contributed by atoms with E-state index in [9.17, 15) is 18.0 Å². The second-order valence-electron chi connectivity index (χ2n) is 5.37. The molecule has 1 aromatic rings. The molecule has 0 aliphatic heterocycles. The number of alkyl halides is 3. The van der Waals surface area contributed by atoms with Crippen molar-refractivity contribution in [1.29, 1.82) is 0 Å². The third kappa shape index (κ3) is 3.97. The van der Waals surface area contributed by atoms with E-state index in [1.165, 1.54) is 12.1 Å². The van der Waals surface area contributed by atoms with Gasteiger partial charge in [0.05, 0.1) is 12.0 Å². The minimum Gasteiger partial charge on any atom is -0.481 e. The molecule has 1 unspecified atom stereocenters. The molecule has 1 aromatic carbocycles. The quantitative estimate of drug-likeness (QED) is 0.871. The van der Waals surface area contributed by atoms with E-state index < -0.39 is 23.8 Å². The summed E-state index contributed by atoms with van der Waals surface area (Å²) < 4.78 is 39.3. The summed E-state index contributed by atoms with van der Waals surface area (Å²) in [6.07, 6.45) is -2.63. The predicted molar refractivity (Wildman–Crippen MR) is 71.8 cm³/mol. The van der Waals surface area contributed by atoms with E-state index in [-0.39, 0.29) is 24.6 Å². The van der Waals surface area contributed by atoms with Gasteiger partial charge in [-0.25, -0.2) is 0 Å². The number of carboxylic acids is 1. The number of hydrogen-bond acceptors (Lipinski definition) is 2. The number of nitrogens with zero attached hydrogens (tertiary/aromatic N) is 1. The maximum Gasteiger partial charge on any atom is 0.416 e. The van der Waals surface area contributed by atoms with Crippen LogP contribution in [-0.4, -0.2) is 28.6 Å². The average molecular weight is 301 g/mol. The SMILES string of the molecule is CC(c1ccccc1C(F)(F)F)N(CCC(=O)O)C1CC1. The molecule has 1 atom stereocenters. The molecule has 1 saturated carbocycles. The monoisotopic (exact) mass is 301 g/mol. The topological polar surface area (TPSA) is 40.5 Å². The van der Waals surface area contributed by atoms with Crippen molar-refractivity contribution in [2.75, 3.05) is 6.54 Å². The number of aliphatic carboxylic acids is 1. The number of carboxylic acid groups (broad SMARTS) is 1. The van der Waals surface area contributed by atoms with Crippen LogP contribution in [0.5, 0.6) is 0 Å². The van der Waals surface area contributed by atoms with E-state index >= 15 is 0 Å². The first-order chi connectivity index (χ1) is 9.80. The Morgan fingerprint density at radius 1 is 1.38 bits per heavy atom. The van der Waals surface area contributed by atoms with Gasteiger partial charge in [0.1, 0.15) is 0 Å². The molecule has 0 heterocycles. The maximum absolute atomic E-state index is 13.1. The molecule has 6 heteroatoms. The van der Waals surface area contributed by atoms with Crippen molar-refractivity contribution in [3.8, 4) is 0 Å². The summed E-state index contributed by atoms with van der Waals surface area (Å²) in [5.41, 5.74) is -0.430. The molecule has 21 heavy (non-hydrogen) atoms. The van der Waals surface area contributed by atoms with Gasteiger partial charge in [0.2, 0.25) is 0 Å². The molecule has 0 amide bonds. The van der Waals surface area contributed by atoms with Crippen molar-refractivity contribution in [3.63, 3.8) is 0 Å². The van der Waals surface area contributed by atoms with Gasteiger partial charge < -0.3 is 5.11 Å². The van der Waals surface area contributed by atoms with Crippen LogP contribution in [0.25, 0.3) is 0 Å². The lowest BCUT2D eigenvalue weighted by Crippen LogP contribution is -2.32. The molecule has 116 valence electrons. The van der Waals surface area contributed by atoms with Gasteiger partial charge in [-0.3, -0.25) is 9.69 Å². The Bertz CT molecular complexity index is 512. The summed E-state index contributed by atoms with van der Waals surface area (Å²) in [4.78, 5) is 12.6. The van der Waals surface area contributed by atoms with Gasteiger partial charge in [0, 0.05) is 18.6 Å². The van der Waals surface area contributed by atoms with Gasteiger partial charge in [0.25, 0.3) is 0 Å². The van der Waals surface area contributed by atoms with Crippen LogP contribution in [0.1, 0.15) is 43.4 Å². The molecule has 3 nitrogen and oxygen atoms in total. The Morgan fingerprint density at radius 3 is 2.52 bits per heavy atom. The summed E-state index contributed by atoms with van der Waals surface area (Å²) in [5.74, 6) is -0.933. The largest absolute Gasteiger partial charge is 0.481 e. The minimum atomic E-state index is -4.40. The number of rotatable bonds is 6. The van der Waals surface area contributed by atoms with Crippen LogP contribution in [-0.2, 0) is 11.0 Å². The van der Waals surface area contributed by atoms with E-state index in [0.29, 0.717) is 0 Å². The molecule has 0 bridgehead atoms. The molecule has 0 saturated heterocycles. The second kappa shape index (κ2) is 6.05. The highest BCUT2D eigenvalue weighted by Gasteiger charge is 2.38. The van der Waals surface area contributed by atoms with Gasteiger partial charge in [-0.05, 0) is 31.4 Å². The first-order valence-electron chi connectivity index (χ1n) is 6.94. The van der Waals surface area contributed by atoms with Gasteiger partial charge in [0.15, 0.2) is 0 Å². The van der Waals surface area contributed by atoms with Gasteiger partial charge in [-0.15, -0.1) is 0 Å². The van der Waals surface area contributed by atoms with Crippen molar-refractivity contribution in [2.45, 2.75) is 44.4 Å². The third-order valence-corrected chi connectivity index (χ3v) is 3.81. The van der Waals surface area contributed by atoms with E-state index in [1.807, 2.05) is 4.90 Å². The van der Waals surface area contributed by atoms with Crippen LogP contribution in [0.3, 0.4) is 0 Å². The molecule has 1 aliphatic carbocycles.